The average Bonchev–Trinajstić information content (AvgIpc) is 2.27. The molecule has 0 saturated carbocycles. The number of aromatic nitrogens is 1. The number of halogens is 2. The highest BCUT2D eigenvalue weighted by Crippen LogP contribution is 2.09. The highest BCUT2D eigenvalue weighted by molar-refractivity contribution is 5.93. The molecular formula is C9H11F2N3O. The van der Waals surface area contributed by atoms with Gasteiger partial charge in [-0.25, -0.2) is 8.78 Å². The van der Waals surface area contributed by atoms with Crippen molar-refractivity contribution in [1.29, 1.82) is 0 Å². The summed E-state index contributed by atoms with van der Waals surface area (Å²) in [5.41, 5.74) is 5.11. The first-order valence-corrected chi connectivity index (χ1v) is 4.31. The maximum absolute atomic E-state index is 12.7. The van der Waals surface area contributed by atoms with Crippen molar-refractivity contribution in [2.24, 2.45) is 5.73 Å². The Kier molecular flexibility index (Phi) is 3.68. The number of nitrogens with zero attached hydrogens (tertiary/aromatic N) is 1. The topological polar surface area (TPSA) is 68.0 Å². The van der Waals surface area contributed by atoms with Crippen molar-refractivity contribution < 1.29 is 13.6 Å². The molecule has 1 heterocycles. The fourth-order valence-corrected chi connectivity index (χ4v) is 0.887. The predicted molar refractivity (Wildman–Crippen MR) is 50.6 cm³/mol. The van der Waals surface area contributed by atoms with Gasteiger partial charge >= 0.3 is 0 Å². The van der Waals surface area contributed by atoms with Gasteiger partial charge in [0.2, 0.25) is 0 Å². The van der Waals surface area contributed by atoms with Crippen LogP contribution in [0.4, 0.5) is 8.78 Å². The summed E-state index contributed by atoms with van der Waals surface area (Å²) >= 11 is 0. The van der Waals surface area contributed by atoms with Crippen LogP contribution in [0, 0.1) is 0 Å². The molecule has 0 aliphatic heterocycles. The normalized spacial score (nSPS) is 11.1. The highest BCUT2D eigenvalue weighted by Gasteiger charge is 2.27. The first kappa shape index (κ1) is 11.5. The molecule has 1 aromatic rings. The molecular weight excluding hydrogens is 204 g/mol. The molecule has 4 nitrogen and oxygen atoms in total. The van der Waals surface area contributed by atoms with E-state index in [0.29, 0.717) is 0 Å². The Bertz CT molecular complexity index is 329. The molecule has 1 amide bonds. The van der Waals surface area contributed by atoms with Crippen LogP contribution in [0.2, 0.25) is 0 Å². The SMILES string of the molecule is NCC(F)(F)CNC(=O)c1ccncc1. The van der Waals surface area contributed by atoms with Gasteiger partial charge < -0.3 is 11.1 Å². The fourth-order valence-electron chi connectivity index (χ4n) is 0.887. The summed E-state index contributed by atoms with van der Waals surface area (Å²) in [4.78, 5) is 15.0. The van der Waals surface area contributed by atoms with E-state index in [1.165, 1.54) is 24.5 Å². The van der Waals surface area contributed by atoms with Gasteiger partial charge in [-0.2, -0.15) is 0 Å². The number of carbonyl (C=O) groups excluding carboxylic acids is 1. The molecule has 0 bridgehead atoms. The molecule has 0 aromatic carbocycles. The zero-order chi connectivity index (χ0) is 11.3. The standard InChI is InChI=1S/C9H11F2N3O/c10-9(11,5-12)6-14-8(15)7-1-3-13-4-2-7/h1-4H,5-6,12H2,(H,14,15). The van der Waals surface area contributed by atoms with Crippen LogP contribution in [0.15, 0.2) is 24.5 Å². The lowest BCUT2D eigenvalue weighted by Gasteiger charge is -2.14. The predicted octanol–water partition coefficient (Wildman–Crippen LogP) is 0.405. The Morgan fingerprint density at radius 1 is 1.47 bits per heavy atom. The van der Waals surface area contributed by atoms with Gasteiger partial charge in [0.25, 0.3) is 11.8 Å². The summed E-state index contributed by atoms with van der Waals surface area (Å²) in [6.45, 7) is -1.55. The number of amides is 1. The van der Waals surface area contributed by atoms with Gasteiger partial charge in [-0.15, -0.1) is 0 Å². The smallest absolute Gasteiger partial charge is 0.277 e. The Morgan fingerprint density at radius 3 is 2.60 bits per heavy atom. The van der Waals surface area contributed by atoms with Crippen LogP contribution in [-0.4, -0.2) is 29.9 Å². The summed E-state index contributed by atoms with van der Waals surface area (Å²) in [7, 11) is 0. The first-order valence-electron chi connectivity index (χ1n) is 4.31. The zero-order valence-electron chi connectivity index (χ0n) is 7.91. The van der Waals surface area contributed by atoms with E-state index in [2.05, 4.69) is 10.3 Å². The van der Waals surface area contributed by atoms with Gasteiger partial charge in [0.15, 0.2) is 0 Å². The highest BCUT2D eigenvalue weighted by atomic mass is 19.3. The number of alkyl halides is 2. The van der Waals surface area contributed by atoms with E-state index < -0.39 is 24.9 Å². The van der Waals surface area contributed by atoms with Gasteiger partial charge in [-0.05, 0) is 12.1 Å². The third kappa shape index (κ3) is 3.59. The molecule has 0 aliphatic carbocycles. The number of pyridine rings is 1. The maximum atomic E-state index is 12.7. The average molecular weight is 215 g/mol. The number of carbonyl (C=O) groups is 1. The second-order valence-electron chi connectivity index (χ2n) is 2.98. The van der Waals surface area contributed by atoms with Gasteiger partial charge in [-0.3, -0.25) is 9.78 Å². The molecule has 0 atom stereocenters. The van der Waals surface area contributed by atoms with Crippen LogP contribution in [0.25, 0.3) is 0 Å². The molecule has 3 N–H and O–H groups in total. The van der Waals surface area contributed by atoms with Crippen molar-refractivity contribution in [2.45, 2.75) is 5.92 Å². The van der Waals surface area contributed by atoms with Crippen LogP contribution in [0.5, 0.6) is 0 Å². The van der Waals surface area contributed by atoms with E-state index in [1.807, 2.05) is 0 Å². The van der Waals surface area contributed by atoms with E-state index in [-0.39, 0.29) is 5.56 Å². The van der Waals surface area contributed by atoms with Crippen LogP contribution >= 0.6 is 0 Å². The quantitative estimate of drug-likeness (QED) is 0.764. The van der Waals surface area contributed by atoms with E-state index >= 15 is 0 Å². The minimum atomic E-state index is -3.07. The molecule has 0 unspecified atom stereocenters. The Morgan fingerprint density at radius 2 is 2.07 bits per heavy atom. The molecule has 82 valence electrons. The monoisotopic (exact) mass is 215 g/mol. The zero-order valence-corrected chi connectivity index (χ0v) is 7.91. The van der Waals surface area contributed by atoms with Crippen molar-refractivity contribution in [3.8, 4) is 0 Å². The number of nitrogens with one attached hydrogen (secondary N) is 1. The van der Waals surface area contributed by atoms with Crippen molar-refractivity contribution in [1.82, 2.24) is 10.3 Å². The number of hydrogen-bond acceptors (Lipinski definition) is 3. The summed E-state index contributed by atoms with van der Waals surface area (Å²) in [6.07, 6.45) is 2.83. The van der Waals surface area contributed by atoms with Crippen LogP contribution in [-0.2, 0) is 0 Å². The second kappa shape index (κ2) is 4.79. The van der Waals surface area contributed by atoms with Gasteiger partial charge in [0.05, 0.1) is 13.1 Å². The molecule has 0 saturated heterocycles. The Balaban J connectivity index is 2.51. The van der Waals surface area contributed by atoms with E-state index in [9.17, 15) is 13.6 Å². The van der Waals surface area contributed by atoms with E-state index in [4.69, 9.17) is 5.73 Å². The summed E-state index contributed by atoms with van der Waals surface area (Å²) in [5.74, 6) is -3.63. The van der Waals surface area contributed by atoms with Crippen molar-refractivity contribution >= 4 is 5.91 Å². The van der Waals surface area contributed by atoms with Crippen LogP contribution in [0.1, 0.15) is 10.4 Å². The third-order valence-corrected chi connectivity index (χ3v) is 1.75. The lowest BCUT2D eigenvalue weighted by molar-refractivity contribution is 0.0118. The van der Waals surface area contributed by atoms with E-state index in [0.717, 1.165) is 0 Å². The van der Waals surface area contributed by atoms with Crippen LogP contribution < -0.4 is 11.1 Å². The van der Waals surface area contributed by atoms with E-state index in [1.54, 1.807) is 0 Å². The minimum absolute atomic E-state index is 0.290. The molecule has 6 heteroatoms. The molecule has 0 radical (unpaired) electrons. The largest absolute Gasteiger partial charge is 0.346 e. The Labute approximate surface area is 85.5 Å². The Hall–Kier alpha value is -1.56. The lowest BCUT2D eigenvalue weighted by atomic mass is 10.2. The van der Waals surface area contributed by atoms with Crippen molar-refractivity contribution in [3.63, 3.8) is 0 Å². The lowest BCUT2D eigenvalue weighted by Crippen LogP contribution is -2.41. The van der Waals surface area contributed by atoms with Crippen LogP contribution in [0.3, 0.4) is 0 Å². The second-order valence-corrected chi connectivity index (χ2v) is 2.98. The number of hydrogen-bond donors (Lipinski definition) is 2. The summed E-state index contributed by atoms with van der Waals surface area (Å²) < 4.78 is 25.4. The molecule has 0 aliphatic rings. The molecule has 1 rings (SSSR count). The van der Waals surface area contributed by atoms with Crippen molar-refractivity contribution in [2.75, 3.05) is 13.1 Å². The first-order chi connectivity index (χ1) is 7.05. The number of nitrogens with two attached hydrogens (primary N) is 1. The maximum Gasteiger partial charge on any atom is 0.277 e. The third-order valence-electron chi connectivity index (χ3n) is 1.75. The molecule has 0 spiro atoms. The van der Waals surface area contributed by atoms with Gasteiger partial charge in [0.1, 0.15) is 0 Å². The summed E-state index contributed by atoms with van der Waals surface area (Å²) in [5, 5.41) is 2.09. The summed E-state index contributed by atoms with van der Waals surface area (Å²) in [6, 6.07) is 2.88. The van der Waals surface area contributed by atoms with Crippen molar-refractivity contribution in [3.05, 3.63) is 30.1 Å². The van der Waals surface area contributed by atoms with Gasteiger partial charge in [-0.1, -0.05) is 0 Å². The minimum Gasteiger partial charge on any atom is -0.346 e. The molecule has 15 heavy (non-hydrogen) atoms. The molecule has 0 fully saturated rings. The number of rotatable bonds is 4. The fraction of sp³-hybridized carbons (Fsp3) is 0.333. The van der Waals surface area contributed by atoms with Gasteiger partial charge in [0, 0.05) is 18.0 Å². The molecule has 1 aromatic heterocycles.